The minimum atomic E-state index is -0.348. The Balaban J connectivity index is 2.00. The van der Waals surface area contributed by atoms with E-state index in [1.807, 2.05) is 42.2 Å². The van der Waals surface area contributed by atoms with Crippen molar-refractivity contribution < 1.29 is 23.8 Å². The summed E-state index contributed by atoms with van der Waals surface area (Å²) in [7, 11) is 3.21. The van der Waals surface area contributed by atoms with Crippen LogP contribution in [-0.2, 0) is 25.6 Å². The molecule has 0 fully saturated rings. The number of aromatic nitrogens is 1. The van der Waals surface area contributed by atoms with Crippen LogP contribution in [0.1, 0.15) is 24.6 Å². The van der Waals surface area contributed by atoms with Gasteiger partial charge in [0.15, 0.2) is 0 Å². The number of methoxy groups -OCH3 is 2. The van der Waals surface area contributed by atoms with E-state index in [2.05, 4.69) is 4.98 Å². The van der Waals surface area contributed by atoms with Crippen molar-refractivity contribution in [3.05, 3.63) is 65.6 Å². The van der Waals surface area contributed by atoms with Gasteiger partial charge in [-0.3, -0.25) is 19.5 Å². The number of imide groups is 1. The number of hydrogen-bond donors (Lipinski definition) is 0. The topological polar surface area (TPSA) is 81.2 Å². The molecule has 8 heteroatoms. The summed E-state index contributed by atoms with van der Waals surface area (Å²) < 4.78 is 16.2. The lowest BCUT2D eigenvalue weighted by atomic mass is 10.0. The van der Waals surface area contributed by atoms with Gasteiger partial charge in [-0.2, -0.15) is 0 Å². The van der Waals surface area contributed by atoms with Gasteiger partial charge in [0.1, 0.15) is 11.4 Å². The van der Waals surface area contributed by atoms with Crippen LogP contribution in [0.2, 0.25) is 0 Å². The molecule has 0 spiro atoms. The number of hydrogen-bond acceptors (Lipinski definition) is 7. The molecule has 2 aromatic rings. The van der Waals surface area contributed by atoms with Crippen LogP contribution >= 0.6 is 0 Å². The van der Waals surface area contributed by atoms with Crippen molar-refractivity contribution in [1.29, 1.82) is 0 Å². The van der Waals surface area contributed by atoms with E-state index in [4.69, 9.17) is 14.2 Å². The third-order valence-corrected chi connectivity index (χ3v) is 5.25. The highest BCUT2D eigenvalue weighted by Crippen LogP contribution is 2.33. The summed E-state index contributed by atoms with van der Waals surface area (Å²) in [5, 5.41) is 0. The summed E-state index contributed by atoms with van der Waals surface area (Å²) in [6, 6.07) is 12.7. The number of benzene rings is 1. The number of carbonyl (C=O) groups is 2. The van der Waals surface area contributed by atoms with E-state index in [1.54, 1.807) is 32.5 Å². The molecule has 0 N–H and O–H groups in total. The summed E-state index contributed by atoms with van der Waals surface area (Å²) in [5.74, 6) is 0.0300. The monoisotopic (exact) mass is 453 g/mol. The highest BCUT2D eigenvalue weighted by atomic mass is 16.5. The number of nitrogens with zero attached hydrogens (tertiary/aromatic N) is 3. The third-order valence-electron chi connectivity index (χ3n) is 5.25. The first-order valence-electron chi connectivity index (χ1n) is 11.1. The molecule has 2 heterocycles. The van der Waals surface area contributed by atoms with Gasteiger partial charge in [0.25, 0.3) is 11.8 Å². The molecule has 8 nitrogen and oxygen atoms in total. The van der Waals surface area contributed by atoms with E-state index in [0.29, 0.717) is 55.4 Å². The summed E-state index contributed by atoms with van der Waals surface area (Å²) in [4.78, 5) is 34.5. The largest absolute Gasteiger partial charge is 0.494 e. The van der Waals surface area contributed by atoms with Crippen LogP contribution in [0.5, 0.6) is 5.75 Å². The predicted molar refractivity (Wildman–Crippen MR) is 124 cm³/mol. The first-order valence-corrected chi connectivity index (χ1v) is 11.1. The van der Waals surface area contributed by atoms with Crippen LogP contribution < -0.4 is 4.74 Å². The maximum atomic E-state index is 13.6. The summed E-state index contributed by atoms with van der Waals surface area (Å²) in [6.45, 7) is 4.48. The molecule has 2 amide bonds. The Morgan fingerprint density at radius 1 is 0.909 bits per heavy atom. The Bertz CT molecular complexity index is 952. The van der Waals surface area contributed by atoms with Gasteiger partial charge in [-0.15, -0.1) is 0 Å². The maximum absolute atomic E-state index is 13.6. The van der Waals surface area contributed by atoms with E-state index in [0.717, 1.165) is 12.2 Å². The van der Waals surface area contributed by atoms with Gasteiger partial charge >= 0.3 is 0 Å². The van der Waals surface area contributed by atoms with E-state index >= 15 is 0 Å². The van der Waals surface area contributed by atoms with Gasteiger partial charge in [-0.1, -0.05) is 25.1 Å². The zero-order chi connectivity index (χ0) is 23.6. The average molecular weight is 454 g/mol. The lowest BCUT2D eigenvalue weighted by molar-refractivity contribution is -0.138. The molecule has 0 unspecified atom stereocenters. The zero-order valence-corrected chi connectivity index (χ0v) is 19.5. The molecule has 0 radical (unpaired) electrons. The van der Waals surface area contributed by atoms with Crippen LogP contribution in [0.3, 0.4) is 0 Å². The number of ether oxygens (including phenoxy) is 3. The Morgan fingerprint density at radius 2 is 1.61 bits per heavy atom. The van der Waals surface area contributed by atoms with Crippen LogP contribution in [0.25, 0.3) is 5.57 Å². The lowest BCUT2D eigenvalue weighted by Crippen LogP contribution is -2.37. The fraction of sp³-hybridized carbons (Fsp3) is 0.400. The van der Waals surface area contributed by atoms with Crippen LogP contribution in [0, 0.1) is 0 Å². The number of rotatable bonds is 13. The molecule has 0 bridgehead atoms. The van der Waals surface area contributed by atoms with Crippen molar-refractivity contribution in [3.63, 3.8) is 0 Å². The van der Waals surface area contributed by atoms with E-state index in [-0.39, 0.29) is 18.4 Å². The van der Waals surface area contributed by atoms with Gasteiger partial charge in [0.05, 0.1) is 37.6 Å². The number of amides is 2. The Labute approximate surface area is 194 Å². The molecule has 1 aromatic heterocycles. The quantitative estimate of drug-likeness (QED) is 0.432. The fourth-order valence-electron chi connectivity index (χ4n) is 3.59. The molecule has 1 aromatic carbocycles. The highest BCUT2D eigenvalue weighted by molar-refractivity contribution is 6.35. The van der Waals surface area contributed by atoms with Crippen LogP contribution in [0.4, 0.5) is 0 Å². The second-order valence-corrected chi connectivity index (χ2v) is 7.59. The van der Waals surface area contributed by atoms with Crippen molar-refractivity contribution in [2.75, 3.05) is 47.1 Å². The molecule has 0 atom stereocenters. The second-order valence-electron chi connectivity index (χ2n) is 7.59. The van der Waals surface area contributed by atoms with Gasteiger partial charge in [-0.05, 0) is 36.2 Å². The summed E-state index contributed by atoms with van der Waals surface area (Å²) in [5.41, 5.74) is 2.02. The minimum absolute atomic E-state index is 0.103. The normalized spacial score (nSPS) is 13.7. The third kappa shape index (κ3) is 5.97. The Kier molecular flexibility index (Phi) is 8.97. The minimum Gasteiger partial charge on any atom is -0.494 e. The van der Waals surface area contributed by atoms with Crippen molar-refractivity contribution in [2.24, 2.45) is 0 Å². The van der Waals surface area contributed by atoms with E-state index < -0.39 is 0 Å². The second kappa shape index (κ2) is 12.1. The van der Waals surface area contributed by atoms with E-state index in [9.17, 15) is 9.59 Å². The molecule has 176 valence electrons. The fourth-order valence-corrected chi connectivity index (χ4v) is 3.59. The molecule has 0 saturated carbocycles. The van der Waals surface area contributed by atoms with Gasteiger partial charge in [0.2, 0.25) is 0 Å². The van der Waals surface area contributed by atoms with Crippen LogP contribution in [-0.4, -0.2) is 73.7 Å². The van der Waals surface area contributed by atoms with E-state index in [1.165, 1.54) is 4.90 Å². The zero-order valence-electron chi connectivity index (χ0n) is 19.5. The summed E-state index contributed by atoms with van der Waals surface area (Å²) >= 11 is 0. The smallest absolute Gasteiger partial charge is 0.278 e. The first kappa shape index (κ1) is 24.4. The molecule has 33 heavy (non-hydrogen) atoms. The Hall–Kier alpha value is -3.23. The molecule has 1 aliphatic rings. The van der Waals surface area contributed by atoms with Crippen LogP contribution in [0.15, 0.2) is 54.4 Å². The Morgan fingerprint density at radius 3 is 2.18 bits per heavy atom. The van der Waals surface area contributed by atoms with Gasteiger partial charge in [-0.25, -0.2) is 0 Å². The SMILES string of the molecule is CCCOc1ccc(C2=C(N(CCOC)CCOC)C(=O)N(Cc3ccccn3)C2=O)cc1. The molecule has 3 rings (SSSR count). The van der Waals surface area contributed by atoms with Crippen molar-refractivity contribution in [1.82, 2.24) is 14.8 Å². The van der Waals surface area contributed by atoms with Crippen molar-refractivity contribution >= 4 is 17.4 Å². The summed E-state index contributed by atoms with van der Waals surface area (Å²) in [6.07, 6.45) is 2.55. The molecular weight excluding hydrogens is 422 g/mol. The van der Waals surface area contributed by atoms with Crippen molar-refractivity contribution in [2.45, 2.75) is 19.9 Å². The molecule has 0 aliphatic carbocycles. The van der Waals surface area contributed by atoms with Gasteiger partial charge in [0, 0.05) is 33.5 Å². The average Bonchev–Trinajstić information content (AvgIpc) is 3.08. The lowest BCUT2D eigenvalue weighted by Gasteiger charge is -2.25. The molecular formula is C25H31N3O5. The first-order chi connectivity index (χ1) is 16.1. The molecule has 1 aliphatic heterocycles. The predicted octanol–water partition coefficient (Wildman–Crippen LogP) is 2.75. The van der Waals surface area contributed by atoms with Crippen molar-refractivity contribution in [3.8, 4) is 5.75 Å². The standard InChI is InChI=1S/C25H31N3O5/c1-4-15-33-21-10-8-19(9-11-21)22-23(27(13-16-31-2)14-17-32-3)25(30)28(24(22)29)18-20-7-5-6-12-26-20/h5-12H,4,13-18H2,1-3H3. The van der Waals surface area contributed by atoms with Gasteiger partial charge < -0.3 is 19.1 Å². The maximum Gasteiger partial charge on any atom is 0.278 e. The number of pyridine rings is 1. The number of carbonyl (C=O) groups excluding carboxylic acids is 2. The molecule has 0 saturated heterocycles. The highest BCUT2D eigenvalue weighted by Gasteiger charge is 2.41.